The molecule has 1 aromatic carbocycles. The summed E-state index contributed by atoms with van der Waals surface area (Å²) < 4.78 is 42.3. The van der Waals surface area contributed by atoms with Gasteiger partial charge in [0.05, 0.1) is 17.4 Å². The van der Waals surface area contributed by atoms with E-state index in [1.54, 1.807) is 0 Å². The fourth-order valence-corrected chi connectivity index (χ4v) is 4.01. The molecule has 2 aromatic rings. The molecule has 0 radical (unpaired) electrons. The molecule has 0 saturated carbocycles. The van der Waals surface area contributed by atoms with Gasteiger partial charge in [-0.05, 0) is 37.5 Å². The number of piperidine rings is 1. The molecule has 1 aliphatic heterocycles. The first-order chi connectivity index (χ1) is 15.2. The molecule has 0 bridgehead atoms. The van der Waals surface area contributed by atoms with E-state index in [2.05, 4.69) is 17.3 Å². The van der Waals surface area contributed by atoms with Crippen LogP contribution in [0.25, 0.3) is 5.69 Å². The van der Waals surface area contributed by atoms with Gasteiger partial charge >= 0.3 is 6.18 Å². The van der Waals surface area contributed by atoms with Crippen molar-refractivity contribution >= 4 is 23.4 Å². The molecule has 10 heteroatoms. The third-order valence-electron chi connectivity index (χ3n) is 5.55. The number of carbonyl (C=O) groups excluding carboxylic acids is 2. The van der Waals surface area contributed by atoms with E-state index in [4.69, 9.17) is 11.6 Å². The Bertz CT molecular complexity index is 953. The summed E-state index contributed by atoms with van der Waals surface area (Å²) in [5.74, 6) is -1.04. The maximum absolute atomic E-state index is 13.9. The summed E-state index contributed by atoms with van der Waals surface area (Å²) in [4.78, 5) is 26.6. The maximum Gasteiger partial charge on any atom is 0.434 e. The van der Waals surface area contributed by atoms with Crippen LogP contribution in [0.3, 0.4) is 0 Å². The van der Waals surface area contributed by atoms with Crippen LogP contribution in [0.2, 0.25) is 5.02 Å². The summed E-state index contributed by atoms with van der Waals surface area (Å²) in [6.45, 7) is 3.12. The summed E-state index contributed by atoms with van der Waals surface area (Å²) in [5, 5.41) is 6.99. The van der Waals surface area contributed by atoms with Crippen molar-refractivity contribution in [1.82, 2.24) is 20.0 Å². The van der Waals surface area contributed by atoms with E-state index in [-0.39, 0.29) is 35.6 Å². The van der Waals surface area contributed by atoms with Crippen LogP contribution < -0.4 is 5.32 Å². The lowest BCUT2D eigenvalue weighted by atomic mass is 9.95. The van der Waals surface area contributed by atoms with Gasteiger partial charge in [0, 0.05) is 30.6 Å². The van der Waals surface area contributed by atoms with E-state index in [9.17, 15) is 22.8 Å². The lowest BCUT2D eigenvalue weighted by Crippen LogP contribution is -2.43. The lowest BCUT2D eigenvalue weighted by molar-refractivity contribution is -0.143. The highest BCUT2D eigenvalue weighted by Gasteiger charge is 2.42. The van der Waals surface area contributed by atoms with Crippen molar-refractivity contribution in [2.24, 2.45) is 5.92 Å². The van der Waals surface area contributed by atoms with Gasteiger partial charge in [-0.25, -0.2) is 4.68 Å². The molecule has 1 saturated heterocycles. The number of carbonyl (C=O) groups is 2. The first-order valence-electron chi connectivity index (χ1n) is 10.7. The Morgan fingerprint density at radius 1 is 1.22 bits per heavy atom. The normalized spacial score (nSPS) is 15.1. The quantitative estimate of drug-likeness (QED) is 0.596. The van der Waals surface area contributed by atoms with E-state index < -0.39 is 23.3 Å². The molecule has 1 N–H and O–H groups in total. The lowest BCUT2D eigenvalue weighted by Gasteiger charge is -2.31. The monoisotopic (exact) mass is 470 g/mol. The van der Waals surface area contributed by atoms with Gasteiger partial charge in [-0.3, -0.25) is 9.59 Å². The number of benzene rings is 1. The Kier molecular flexibility index (Phi) is 7.82. The molecule has 6 nitrogen and oxygen atoms in total. The van der Waals surface area contributed by atoms with Crippen LogP contribution in [0, 0.1) is 5.92 Å². The Hall–Kier alpha value is -2.55. The van der Waals surface area contributed by atoms with E-state index in [1.807, 2.05) is 0 Å². The number of alkyl halides is 3. The fourth-order valence-electron chi connectivity index (χ4n) is 3.83. The molecule has 0 unspecified atom stereocenters. The maximum atomic E-state index is 13.9. The van der Waals surface area contributed by atoms with Crippen LogP contribution in [0.4, 0.5) is 13.2 Å². The average molecular weight is 471 g/mol. The number of nitrogens with zero attached hydrogens (tertiary/aromatic N) is 3. The molecule has 174 valence electrons. The van der Waals surface area contributed by atoms with Gasteiger partial charge in [0.25, 0.3) is 5.91 Å². The SMILES string of the molecule is CCCCCNC(=O)C1CCN(C(=O)c2cnn(-c3cccc(Cl)c3)c2C(F)(F)F)CC1. The van der Waals surface area contributed by atoms with Crippen LogP contribution in [-0.4, -0.2) is 46.1 Å². The average Bonchev–Trinajstić information content (AvgIpc) is 3.22. The molecule has 32 heavy (non-hydrogen) atoms. The molecular weight excluding hydrogens is 445 g/mol. The molecule has 1 aromatic heterocycles. The van der Waals surface area contributed by atoms with Crippen LogP contribution in [0.1, 0.15) is 55.1 Å². The van der Waals surface area contributed by atoms with Crippen molar-refractivity contribution in [2.75, 3.05) is 19.6 Å². The first kappa shape index (κ1) is 24.1. The predicted molar refractivity (Wildman–Crippen MR) is 115 cm³/mol. The number of rotatable bonds is 7. The van der Waals surface area contributed by atoms with Crippen molar-refractivity contribution in [1.29, 1.82) is 0 Å². The number of hydrogen-bond donors (Lipinski definition) is 1. The summed E-state index contributed by atoms with van der Waals surface area (Å²) >= 11 is 5.91. The topological polar surface area (TPSA) is 67.2 Å². The molecule has 0 spiro atoms. The summed E-state index contributed by atoms with van der Waals surface area (Å²) in [6, 6.07) is 5.84. The molecule has 2 amide bonds. The van der Waals surface area contributed by atoms with Gasteiger partial charge in [0.1, 0.15) is 0 Å². The number of hydrogen-bond acceptors (Lipinski definition) is 3. The van der Waals surface area contributed by atoms with E-state index in [1.165, 1.54) is 29.2 Å². The van der Waals surface area contributed by atoms with Crippen LogP contribution >= 0.6 is 11.6 Å². The number of halogens is 4. The van der Waals surface area contributed by atoms with Gasteiger partial charge in [-0.2, -0.15) is 18.3 Å². The summed E-state index contributed by atoms with van der Waals surface area (Å²) in [5.41, 5.74) is -1.54. The predicted octanol–water partition coefficient (Wildman–Crippen LogP) is 4.70. The first-order valence-corrected chi connectivity index (χ1v) is 11.1. The number of aromatic nitrogens is 2. The zero-order valence-electron chi connectivity index (χ0n) is 17.8. The van der Waals surface area contributed by atoms with Gasteiger partial charge < -0.3 is 10.2 Å². The van der Waals surface area contributed by atoms with Crippen molar-refractivity contribution in [3.63, 3.8) is 0 Å². The standard InChI is InChI=1S/C22H26ClF3N4O2/c1-2-3-4-10-27-20(31)15-8-11-29(12-9-15)21(32)18-14-28-30(19(18)22(24,25)26)17-7-5-6-16(23)13-17/h5-7,13-15H,2-4,8-12H2,1H3,(H,27,31). The van der Waals surface area contributed by atoms with Crippen molar-refractivity contribution in [2.45, 2.75) is 45.2 Å². The molecule has 3 rings (SSSR count). The summed E-state index contributed by atoms with van der Waals surface area (Å²) in [7, 11) is 0. The van der Waals surface area contributed by atoms with Gasteiger partial charge in [-0.15, -0.1) is 0 Å². The van der Waals surface area contributed by atoms with E-state index in [0.29, 0.717) is 24.1 Å². The number of amides is 2. The molecule has 1 aliphatic rings. The van der Waals surface area contributed by atoms with Gasteiger partial charge in [0.15, 0.2) is 5.69 Å². The minimum absolute atomic E-state index is 0.0574. The van der Waals surface area contributed by atoms with Gasteiger partial charge in [0.2, 0.25) is 5.91 Å². The Balaban J connectivity index is 1.71. The van der Waals surface area contributed by atoms with E-state index in [0.717, 1.165) is 25.5 Å². The second-order valence-electron chi connectivity index (χ2n) is 7.86. The minimum Gasteiger partial charge on any atom is -0.356 e. The van der Waals surface area contributed by atoms with Crippen LogP contribution in [0.15, 0.2) is 30.5 Å². The Morgan fingerprint density at radius 2 is 1.94 bits per heavy atom. The van der Waals surface area contributed by atoms with Crippen molar-refractivity contribution in [3.05, 3.63) is 46.7 Å². The largest absolute Gasteiger partial charge is 0.434 e. The van der Waals surface area contributed by atoms with Crippen molar-refractivity contribution in [3.8, 4) is 5.69 Å². The highest BCUT2D eigenvalue weighted by atomic mass is 35.5. The molecular formula is C22H26ClF3N4O2. The van der Waals surface area contributed by atoms with Crippen molar-refractivity contribution < 1.29 is 22.8 Å². The minimum atomic E-state index is -4.79. The molecule has 2 heterocycles. The second-order valence-corrected chi connectivity index (χ2v) is 8.30. The second kappa shape index (κ2) is 10.4. The van der Waals surface area contributed by atoms with E-state index >= 15 is 0 Å². The zero-order chi connectivity index (χ0) is 23.3. The molecule has 1 fully saturated rings. The molecule has 0 atom stereocenters. The molecule has 0 aliphatic carbocycles. The van der Waals surface area contributed by atoms with Crippen LogP contribution in [-0.2, 0) is 11.0 Å². The van der Waals surface area contributed by atoms with Crippen LogP contribution in [0.5, 0.6) is 0 Å². The Morgan fingerprint density at radius 3 is 2.56 bits per heavy atom. The number of likely N-dealkylation sites (tertiary alicyclic amines) is 1. The smallest absolute Gasteiger partial charge is 0.356 e. The number of unbranched alkanes of at least 4 members (excludes halogenated alkanes) is 2. The number of nitrogens with one attached hydrogen (secondary N) is 1. The third kappa shape index (κ3) is 5.62. The zero-order valence-corrected chi connectivity index (χ0v) is 18.5. The Labute approximate surface area is 189 Å². The highest BCUT2D eigenvalue weighted by molar-refractivity contribution is 6.30. The summed E-state index contributed by atoms with van der Waals surface area (Å²) in [6.07, 6.45) is -0.0123. The fraction of sp³-hybridized carbons (Fsp3) is 0.500. The highest BCUT2D eigenvalue weighted by Crippen LogP contribution is 2.35. The van der Waals surface area contributed by atoms with Gasteiger partial charge in [-0.1, -0.05) is 37.4 Å². The third-order valence-corrected chi connectivity index (χ3v) is 5.79.